The second kappa shape index (κ2) is 4.60. The minimum atomic E-state index is -1.33. The van der Waals surface area contributed by atoms with Crippen LogP contribution in [0.5, 0.6) is 5.75 Å². The normalized spacial score (nSPS) is 10.2. The van der Waals surface area contributed by atoms with Gasteiger partial charge in [0.25, 0.3) is 0 Å². The highest BCUT2D eigenvalue weighted by Gasteiger charge is 2.11. The van der Waals surface area contributed by atoms with E-state index >= 15 is 0 Å². The summed E-state index contributed by atoms with van der Waals surface area (Å²) in [5, 5.41) is 12.1. The maximum atomic E-state index is 13.3. The molecule has 1 aromatic carbocycles. The van der Waals surface area contributed by atoms with Crippen LogP contribution in [0.3, 0.4) is 0 Å². The van der Waals surface area contributed by atoms with Gasteiger partial charge in [-0.2, -0.15) is 4.98 Å². The standard InChI is InChI=1S/C10H7FN2O4/c11-8-3-6(1-2-7(8)10(14)15)16-4-9-12-5-17-13-9/h1-3,5H,4H2,(H,14,15). The molecule has 0 aliphatic carbocycles. The third-order valence-corrected chi connectivity index (χ3v) is 1.95. The van der Waals surface area contributed by atoms with Gasteiger partial charge in [0.05, 0.1) is 5.56 Å². The van der Waals surface area contributed by atoms with Gasteiger partial charge in [0, 0.05) is 6.07 Å². The molecule has 0 unspecified atom stereocenters. The van der Waals surface area contributed by atoms with Crippen molar-refractivity contribution >= 4 is 5.97 Å². The molecule has 0 aliphatic rings. The van der Waals surface area contributed by atoms with Crippen LogP contribution >= 0.6 is 0 Å². The number of halogens is 1. The summed E-state index contributed by atoms with van der Waals surface area (Å²) < 4.78 is 22.9. The van der Waals surface area contributed by atoms with Crippen molar-refractivity contribution < 1.29 is 23.6 Å². The van der Waals surface area contributed by atoms with E-state index < -0.39 is 17.3 Å². The third-order valence-electron chi connectivity index (χ3n) is 1.95. The molecule has 1 N–H and O–H groups in total. The molecule has 2 rings (SSSR count). The molecule has 0 amide bonds. The van der Waals surface area contributed by atoms with Crippen LogP contribution in [0.4, 0.5) is 4.39 Å². The van der Waals surface area contributed by atoms with Crippen molar-refractivity contribution in [1.29, 1.82) is 0 Å². The van der Waals surface area contributed by atoms with Crippen molar-refractivity contribution in [3.8, 4) is 5.75 Å². The lowest BCUT2D eigenvalue weighted by Gasteiger charge is -2.04. The van der Waals surface area contributed by atoms with E-state index in [0.717, 1.165) is 18.5 Å². The molecule has 2 aromatic rings. The molecule has 0 bridgehead atoms. The summed E-state index contributed by atoms with van der Waals surface area (Å²) in [6.45, 7) is 0.0162. The van der Waals surface area contributed by atoms with Crippen LogP contribution in [-0.4, -0.2) is 21.2 Å². The smallest absolute Gasteiger partial charge is 0.338 e. The van der Waals surface area contributed by atoms with Crippen LogP contribution in [0.25, 0.3) is 0 Å². The fraction of sp³-hybridized carbons (Fsp3) is 0.100. The second-order valence-corrected chi connectivity index (χ2v) is 3.08. The van der Waals surface area contributed by atoms with E-state index in [1.54, 1.807) is 0 Å². The summed E-state index contributed by atoms with van der Waals surface area (Å²) in [6, 6.07) is 3.47. The van der Waals surface area contributed by atoms with Crippen molar-refractivity contribution in [3.05, 3.63) is 41.8 Å². The molecule has 1 aromatic heterocycles. The topological polar surface area (TPSA) is 85.5 Å². The average molecular weight is 238 g/mol. The van der Waals surface area contributed by atoms with Crippen LogP contribution in [0.2, 0.25) is 0 Å². The van der Waals surface area contributed by atoms with E-state index in [1.807, 2.05) is 0 Å². The van der Waals surface area contributed by atoms with Crippen molar-refractivity contribution in [2.75, 3.05) is 0 Å². The van der Waals surface area contributed by atoms with E-state index in [0.29, 0.717) is 5.82 Å². The van der Waals surface area contributed by atoms with Gasteiger partial charge >= 0.3 is 5.97 Å². The lowest BCUT2D eigenvalue weighted by Crippen LogP contribution is -2.02. The number of ether oxygens (including phenoxy) is 1. The highest BCUT2D eigenvalue weighted by molar-refractivity contribution is 5.88. The largest absolute Gasteiger partial charge is 0.485 e. The number of carbonyl (C=O) groups is 1. The molecule has 1 heterocycles. The van der Waals surface area contributed by atoms with Gasteiger partial charge in [-0.1, -0.05) is 5.16 Å². The van der Waals surface area contributed by atoms with Crippen molar-refractivity contribution in [2.24, 2.45) is 0 Å². The number of hydrogen-bond acceptors (Lipinski definition) is 5. The van der Waals surface area contributed by atoms with E-state index in [1.165, 1.54) is 6.07 Å². The lowest BCUT2D eigenvalue weighted by molar-refractivity contribution is 0.0692. The molecular weight excluding hydrogens is 231 g/mol. The van der Waals surface area contributed by atoms with Gasteiger partial charge < -0.3 is 14.4 Å². The van der Waals surface area contributed by atoms with Gasteiger partial charge in [-0.3, -0.25) is 0 Å². The molecule has 17 heavy (non-hydrogen) atoms. The number of hydrogen-bond donors (Lipinski definition) is 1. The Kier molecular flexibility index (Phi) is 2.99. The Hall–Kier alpha value is -2.44. The minimum Gasteiger partial charge on any atom is -0.485 e. The molecule has 0 radical (unpaired) electrons. The number of aromatic carboxylic acids is 1. The average Bonchev–Trinajstić information content (AvgIpc) is 2.78. The zero-order valence-corrected chi connectivity index (χ0v) is 8.46. The predicted octanol–water partition coefficient (Wildman–Crippen LogP) is 1.49. The minimum absolute atomic E-state index is 0.0162. The maximum Gasteiger partial charge on any atom is 0.338 e. The highest BCUT2D eigenvalue weighted by Crippen LogP contribution is 2.17. The quantitative estimate of drug-likeness (QED) is 0.868. The molecule has 0 saturated heterocycles. The second-order valence-electron chi connectivity index (χ2n) is 3.08. The third kappa shape index (κ3) is 2.57. The van der Waals surface area contributed by atoms with Crippen molar-refractivity contribution in [2.45, 2.75) is 6.61 Å². The number of nitrogens with zero attached hydrogens (tertiary/aromatic N) is 2. The maximum absolute atomic E-state index is 13.3. The highest BCUT2D eigenvalue weighted by atomic mass is 19.1. The Morgan fingerprint density at radius 1 is 1.53 bits per heavy atom. The molecule has 0 atom stereocenters. The van der Waals surface area contributed by atoms with Crippen LogP contribution in [-0.2, 0) is 6.61 Å². The molecule has 6 nitrogen and oxygen atoms in total. The lowest BCUT2D eigenvalue weighted by atomic mass is 10.2. The Labute approximate surface area is 94.6 Å². The summed E-state index contributed by atoms with van der Waals surface area (Å²) in [5.41, 5.74) is -0.406. The van der Waals surface area contributed by atoms with Gasteiger partial charge in [0.15, 0.2) is 6.61 Å². The van der Waals surface area contributed by atoms with E-state index in [4.69, 9.17) is 9.84 Å². The fourth-order valence-corrected chi connectivity index (χ4v) is 1.16. The first-order valence-corrected chi connectivity index (χ1v) is 4.57. The summed E-state index contributed by atoms with van der Waals surface area (Å²) in [7, 11) is 0. The zero-order valence-electron chi connectivity index (χ0n) is 8.46. The first-order chi connectivity index (χ1) is 8.16. The number of carboxylic acids is 1. The zero-order chi connectivity index (χ0) is 12.3. The Balaban J connectivity index is 2.07. The van der Waals surface area contributed by atoms with E-state index in [2.05, 4.69) is 14.7 Å². The summed E-state index contributed by atoms with van der Waals surface area (Å²) in [4.78, 5) is 14.3. The molecule has 0 fully saturated rings. The molecule has 0 aliphatic heterocycles. The Morgan fingerprint density at radius 3 is 2.94 bits per heavy atom. The van der Waals surface area contributed by atoms with Gasteiger partial charge in [-0.05, 0) is 12.1 Å². The molecule has 88 valence electrons. The number of carboxylic acid groups (broad SMARTS) is 1. The summed E-state index contributed by atoms with van der Waals surface area (Å²) in [5.74, 6) is -1.68. The van der Waals surface area contributed by atoms with Gasteiger partial charge in [-0.15, -0.1) is 0 Å². The number of aromatic nitrogens is 2. The van der Waals surface area contributed by atoms with E-state index in [9.17, 15) is 9.18 Å². The van der Waals surface area contributed by atoms with Gasteiger partial charge in [-0.25, -0.2) is 9.18 Å². The van der Waals surface area contributed by atoms with E-state index in [-0.39, 0.29) is 12.4 Å². The van der Waals surface area contributed by atoms with Crippen LogP contribution < -0.4 is 4.74 Å². The molecule has 7 heteroatoms. The van der Waals surface area contributed by atoms with Crippen molar-refractivity contribution in [3.63, 3.8) is 0 Å². The summed E-state index contributed by atoms with van der Waals surface area (Å²) >= 11 is 0. The predicted molar refractivity (Wildman–Crippen MR) is 52.0 cm³/mol. The first kappa shape index (κ1) is 11.1. The molecular formula is C10H7FN2O4. The van der Waals surface area contributed by atoms with Crippen LogP contribution in [0.1, 0.15) is 16.2 Å². The van der Waals surface area contributed by atoms with Crippen LogP contribution in [0, 0.1) is 5.82 Å². The summed E-state index contributed by atoms with van der Waals surface area (Å²) in [6.07, 6.45) is 1.15. The van der Waals surface area contributed by atoms with Crippen LogP contribution in [0.15, 0.2) is 29.1 Å². The monoisotopic (exact) mass is 238 g/mol. The fourth-order valence-electron chi connectivity index (χ4n) is 1.16. The van der Waals surface area contributed by atoms with Gasteiger partial charge in [0.1, 0.15) is 11.6 Å². The number of rotatable bonds is 4. The van der Waals surface area contributed by atoms with Crippen molar-refractivity contribution in [1.82, 2.24) is 10.1 Å². The first-order valence-electron chi connectivity index (χ1n) is 4.57. The van der Waals surface area contributed by atoms with Gasteiger partial charge in [0.2, 0.25) is 12.2 Å². The molecule has 0 saturated carbocycles. The number of benzene rings is 1. The Bertz CT molecular complexity index is 527. The Morgan fingerprint density at radius 2 is 2.35 bits per heavy atom. The molecule has 0 spiro atoms. The SMILES string of the molecule is O=C(O)c1ccc(OCc2ncon2)cc1F.